The number of nitrogens with two attached hydrogens (primary N) is 1. The molecule has 8 aromatic carbocycles. The third-order valence-electron chi connectivity index (χ3n) is 28.2. The second kappa shape index (κ2) is 48.0. The van der Waals surface area contributed by atoms with E-state index in [9.17, 15) is 42.7 Å². The summed E-state index contributed by atoms with van der Waals surface area (Å²) in [5.41, 5.74) is 21.9. The van der Waals surface area contributed by atoms with Crippen LogP contribution in [0.1, 0.15) is 140 Å². The van der Waals surface area contributed by atoms with Crippen molar-refractivity contribution >= 4 is 127 Å². The van der Waals surface area contributed by atoms with Crippen LogP contribution in [0.4, 0.5) is 31.5 Å². The van der Waals surface area contributed by atoms with Gasteiger partial charge in [0.15, 0.2) is 91.0 Å². The molecule has 3 N–H and O–H groups in total. The third-order valence-corrected chi connectivity index (χ3v) is 29.0. The first kappa shape index (κ1) is 109. The van der Waals surface area contributed by atoms with E-state index in [4.69, 9.17) is 34.2 Å². The number of nitrogens with zero attached hydrogens (tertiary/aromatic N) is 15. The first-order valence-electron chi connectivity index (χ1n) is 49.2. The number of methoxy groups -OCH3 is 4. The van der Waals surface area contributed by atoms with Gasteiger partial charge in [0.2, 0.25) is 11.8 Å². The van der Waals surface area contributed by atoms with E-state index in [1.807, 2.05) is 97.6 Å². The van der Waals surface area contributed by atoms with Crippen LogP contribution in [0.2, 0.25) is 0 Å². The number of halogens is 3. The SMILES string of the molecule is CCc1cc2c(=O)c(C(=O)Cc3ccc(Oc4ncnc5cc(OC)c(OC)cc45)c(F)c3)c(C)n(C)c2cc1N1CCN(C)CC1.CCc1cc2c(=O)c(C(C)=O)c(C)n(C)c2cc1Br.CCc1cc2c(=O)c(C(C)=O)c(C)n(C)c2cc1N1CCN(C)CC1.CCc1cc2c(=O)c(C(C)=O)c(C)n(C)c2cc1N1CCN(C)CC1.CN1CCNCC1.COc1cc2ncnc(Oc3ccc(N)cc3F)c2cc1OC. The number of ketones is 4. The van der Waals surface area contributed by atoms with Gasteiger partial charge >= 0.3 is 0 Å². The zero-order valence-electron chi connectivity index (χ0n) is 88.0. The molecule has 14 aromatic rings. The molecule has 4 fully saturated rings. The van der Waals surface area contributed by atoms with Crippen molar-refractivity contribution in [3.8, 4) is 46.3 Å². The fourth-order valence-corrected chi connectivity index (χ4v) is 19.7. The summed E-state index contributed by atoms with van der Waals surface area (Å²) in [5, 5.41) is 6.77. The van der Waals surface area contributed by atoms with Crippen molar-refractivity contribution in [3.63, 3.8) is 0 Å². The van der Waals surface area contributed by atoms with Crippen molar-refractivity contribution in [1.29, 1.82) is 0 Å². The van der Waals surface area contributed by atoms with E-state index in [-0.39, 0.29) is 80.1 Å². The molecular formula is C112H134BrF2N17O14. The smallest absolute Gasteiger partial charge is 0.230 e. The molecule has 18 rings (SSSR count). The molecule has 0 bridgehead atoms. The number of nitrogens with one attached hydrogen (secondary N) is 1. The lowest BCUT2D eigenvalue weighted by Gasteiger charge is -2.35. The summed E-state index contributed by atoms with van der Waals surface area (Å²) >= 11 is 3.53. The molecule has 146 heavy (non-hydrogen) atoms. The van der Waals surface area contributed by atoms with Crippen molar-refractivity contribution < 1.29 is 56.4 Å². The van der Waals surface area contributed by atoms with E-state index in [2.05, 4.69) is 143 Å². The van der Waals surface area contributed by atoms with Crippen LogP contribution in [0.5, 0.6) is 46.3 Å². The monoisotopic (exact) mass is 2060 g/mol. The minimum atomic E-state index is -0.672. The lowest BCUT2D eigenvalue weighted by molar-refractivity contribution is 0.0985. The molecule has 6 aromatic heterocycles. The number of aryl methyl sites for hydroxylation is 8. The molecule has 4 aliphatic rings. The quantitative estimate of drug-likeness (QED) is 0.0498. The number of ether oxygens (including phenoxy) is 6. The fourth-order valence-electron chi connectivity index (χ4n) is 19.1. The standard InChI is InChI=1S/C36H38FN5O5.2C20H27N3O2.C16H14FN3O3.C15H16BrNO2.C5H12N2/c1-7-23-16-25-29(19-28(23)42-12-10-40(3)11-13-42)41(4)21(2)34(35(25)44)30(43)15-22-8-9-31(26(37)14-22)47-36-24-17-32(45-5)33(46-6)18-27(24)38-20-39-36;2*1-6-15-11-16-18(12-17(15)23-9-7-21(4)8-10-23)22(5)13(2)19(14(3)24)20(16)25;1-21-14-6-10-12(7-15(14)22-2)19-8-20-16(10)23-13-4-3-9(18)5-11(13)17;1-5-10-6-11-13(7-12(10)16)17(4)8(2)14(9(3)18)15(11)19;1-7-4-2-6-3-5-7/h8-9,14,16-20H,7,10-13,15H2,1-6H3;2*11-12H,6-10H2,1-5H3;3-8H,18H2,1-2H3;6-7H,5H2,1-4H3;6H,2-5H2,1H3. The van der Waals surface area contributed by atoms with Crippen molar-refractivity contribution in [2.75, 3.05) is 182 Å². The highest BCUT2D eigenvalue weighted by atomic mass is 79.9. The third kappa shape index (κ3) is 23.8. The van der Waals surface area contributed by atoms with Crippen molar-refractivity contribution in [2.24, 2.45) is 28.2 Å². The largest absolute Gasteiger partial charge is 0.493 e. The topological polar surface area (TPSA) is 324 Å². The van der Waals surface area contributed by atoms with E-state index in [0.717, 1.165) is 172 Å². The molecule has 0 atom stereocenters. The first-order chi connectivity index (χ1) is 69.7. The number of carbonyl (C=O) groups is 4. The zero-order chi connectivity index (χ0) is 106. The molecular weight excluding hydrogens is 1930 g/mol. The minimum absolute atomic E-state index is 0.0222. The minimum Gasteiger partial charge on any atom is -0.493 e. The van der Waals surface area contributed by atoms with E-state index in [0.29, 0.717) is 106 Å². The molecule has 0 aliphatic carbocycles. The summed E-state index contributed by atoms with van der Waals surface area (Å²) in [7, 11) is 22.3. The average Bonchev–Trinajstić information content (AvgIpc) is 0.763. The number of piperazine rings is 4. The Kier molecular flexibility index (Phi) is 35.9. The van der Waals surface area contributed by atoms with Crippen LogP contribution in [0.15, 0.2) is 146 Å². The summed E-state index contributed by atoms with van der Waals surface area (Å²) in [6.07, 6.45) is 5.83. The Morgan fingerprint density at radius 3 is 0.993 bits per heavy atom. The molecule has 10 heterocycles. The molecule has 0 spiro atoms. The van der Waals surface area contributed by atoms with E-state index in [1.165, 1.54) is 122 Å². The number of fused-ring (bicyclic) bond motifs is 6. The van der Waals surface area contributed by atoms with Gasteiger partial charge in [-0.1, -0.05) is 49.7 Å². The fraction of sp³-hybridized carbons (Fsp3) is 0.393. The highest BCUT2D eigenvalue weighted by Gasteiger charge is 2.30. The van der Waals surface area contributed by atoms with Gasteiger partial charge in [-0.05, 0) is 215 Å². The number of rotatable bonds is 21. The van der Waals surface area contributed by atoms with Gasteiger partial charge in [0.05, 0.1) is 94.6 Å². The zero-order valence-corrected chi connectivity index (χ0v) is 89.6. The maximum Gasteiger partial charge on any atom is 0.230 e. The maximum absolute atomic E-state index is 15.4. The summed E-state index contributed by atoms with van der Waals surface area (Å²) in [6.45, 7) is 36.7. The first-order valence-corrected chi connectivity index (χ1v) is 50.0. The van der Waals surface area contributed by atoms with Crippen molar-refractivity contribution in [2.45, 2.75) is 108 Å². The van der Waals surface area contributed by atoms with Crippen LogP contribution in [0.25, 0.3) is 65.4 Å². The van der Waals surface area contributed by atoms with Crippen LogP contribution in [-0.2, 0) is 60.3 Å². The second-order valence-electron chi connectivity index (χ2n) is 37.4. The van der Waals surface area contributed by atoms with Gasteiger partial charge in [-0.2, -0.15) is 0 Å². The lowest BCUT2D eigenvalue weighted by atomic mass is 9.97. The Labute approximate surface area is 857 Å². The number of carbonyl (C=O) groups excluding carboxylic acids is 4. The van der Waals surface area contributed by atoms with Crippen LogP contribution in [0, 0.1) is 39.3 Å². The van der Waals surface area contributed by atoms with Crippen LogP contribution in [-0.4, -0.2) is 242 Å². The number of Topliss-reactive ketones (excluding diaryl/α,β-unsaturated/α-hetero) is 4. The Morgan fingerprint density at radius 2 is 0.678 bits per heavy atom. The Balaban J connectivity index is 0.000000156. The number of benzene rings is 8. The van der Waals surface area contributed by atoms with Gasteiger partial charge in [0.1, 0.15) is 12.7 Å². The number of hydrogen-bond acceptors (Lipinski definition) is 27. The second-order valence-corrected chi connectivity index (χ2v) is 38.3. The lowest BCUT2D eigenvalue weighted by Crippen LogP contribution is -2.44. The molecule has 0 saturated carbocycles. The van der Waals surface area contributed by atoms with Crippen LogP contribution in [0.3, 0.4) is 0 Å². The number of nitrogen functional groups attached to an aromatic ring is 1. The van der Waals surface area contributed by atoms with Gasteiger partial charge in [0.25, 0.3) is 0 Å². The molecule has 0 unspecified atom stereocenters. The molecule has 0 radical (unpaired) electrons. The molecule has 4 saturated heterocycles. The van der Waals surface area contributed by atoms with Crippen molar-refractivity contribution in [1.82, 2.24) is 63.1 Å². The summed E-state index contributed by atoms with van der Waals surface area (Å²) < 4.78 is 70.7. The van der Waals surface area contributed by atoms with Gasteiger partial charge in [-0.15, -0.1) is 0 Å². The molecule has 4 aliphatic heterocycles. The number of anilines is 4. The van der Waals surface area contributed by atoms with Gasteiger partial charge in [-0.3, -0.25) is 38.4 Å². The molecule has 0 amide bonds. The molecule has 31 nitrogen and oxygen atoms in total. The normalized spacial score (nSPS) is 14.1. The highest BCUT2D eigenvalue weighted by molar-refractivity contribution is 9.10. The van der Waals surface area contributed by atoms with Crippen LogP contribution < -0.4 is 75.9 Å². The number of aromatic nitrogens is 8. The van der Waals surface area contributed by atoms with Crippen LogP contribution >= 0.6 is 15.9 Å². The molecule has 772 valence electrons. The van der Waals surface area contributed by atoms with Crippen molar-refractivity contribution in [3.05, 3.63) is 252 Å². The average molecular weight is 2060 g/mol. The van der Waals surface area contributed by atoms with Gasteiger partial charge in [0, 0.05) is 229 Å². The predicted octanol–water partition coefficient (Wildman–Crippen LogP) is 16.3. The van der Waals surface area contributed by atoms with E-state index in [1.54, 1.807) is 50.2 Å². The van der Waals surface area contributed by atoms with E-state index < -0.39 is 11.6 Å². The highest BCUT2D eigenvalue weighted by Crippen LogP contribution is 2.41. The Bertz CT molecular complexity index is 7440. The number of likely N-dealkylation sites (N-methyl/N-ethyl adjacent to an activating group) is 4. The summed E-state index contributed by atoms with van der Waals surface area (Å²) in [5.74, 6) is 0.132. The Morgan fingerprint density at radius 1 is 0.370 bits per heavy atom. The Hall–Kier alpha value is -13.9. The van der Waals surface area contributed by atoms with Gasteiger partial charge in [-0.25, -0.2) is 28.7 Å². The van der Waals surface area contributed by atoms with E-state index >= 15 is 4.39 Å². The number of hydrogen-bond donors (Lipinski definition) is 2. The van der Waals surface area contributed by atoms with Gasteiger partial charge < -0.3 is 92.0 Å². The maximum atomic E-state index is 15.4. The molecule has 34 heteroatoms. The summed E-state index contributed by atoms with van der Waals surface area (Å²) in [4.78, 5) is 135. The number of pyridine rings is 4. The summed E-state index contributed by atoms with van der Waals surface area (Å²) in [6, 6.07) is 31.3. The predicted molar refractivity (Wildman–Crippen MR) is 581 cm³/mol.